The Morgan fingerprint density at radius 2 is 1.71 bits per heavy atom. The third kappa shape index (κ3) is 9.36. The summed E-state index contributed by atoms with van der Waals surface area (Å²) in [7, 11) is 1.73. The molecule has 3 N–H and O–H groups in total. The van der Waals surface area contributed by atoms with E-state index >= 15 is 0 Å². The number of piperazine rings is 1. The monoisotopic (exact) mass is 894 g/mol. The number of halogens is 2. The largest absolute Gasteiger partial charge is 0.444 e. The maximum atomic E-state index is 14.2. The van der Waals surface area contributed by atoms with Gasteiger partial charge in [-0.3, -0.25) is 43.3 Å². The van der Waals surface area contributed by atoms with Crippen LogP contribution in [0, 0.1) is 11.8 Å². The van der Waals surface area contributed by atoms with Gasteiger partial charge in [-0.05, 0) is 99.6 Å². The molecule has 65 heavy (non-hydrogen) atoms. The van der Waals surface area contributed by atoms with Crippen LogP contribution in [0.2, 0.25) is 0 Å². The fraction of sp³-hybridized carbons (Fsp3) is 0.543. The predicted molar refractivity (Wildman–Crippen MR) is 237 cm³/mol. The minimum atomic E-state index is -2.86. The van der Waals surface area contributed by atoms with Crippen LogP contribution in [-0.2, 0) is 23.2 Å². The highest BCUT2D eigenvalue weighted by molar-refractivity contribution is 6.03. The number of likely N-dealkylation sites (tertiary alicyclic amines) is 1. The number of piperidine rings is 1. The first-order chi connectivity index (χ1) is 31.5. The molecule has 5 aliphatic rings. The van der Waals surface area contributed by atoms with Gasteiger partial charge in [0.2, 0.25) is 17.7 Å². The lowest BCUT2D eigenvalue weighted by Crippen LogP contribution is -2.50. The zero-order valence-corrected chi connectivity index (χ0v) is 36.6. The molecule has 1 unspecified atom stereocenters. The number of nitrogens with zero attached hydrogens (tertiary/aromatic N) is 9. The summed E-state index contributed by atoms with van der Waals surface area (Å²) in [5, 5.41) is 12.6. The van der Waals surface area contributed by atoms with Crippen LogP contribution in [0.5, 0.6) is 0 Å². The number of rotatable bonds is 14. The van der Waals surface area contributed by atoms with Crippen LogP contribution < -0.4 is 21.6 Å². The van der Waals surface area contributed by atoms with Crippen LogP contribution >= 0.6 is 0 Å². The van der Waals surface area contributed by atoms with Gasteiger partial charge in [-0.15, -0.1) is 0 Å². The summed E-state index contributed by atoms with van der Waals surface area (Å²) in [4.78, 5) is 67.1. The Morgan fingerprint density at radius 3 is 2.48 bits per heavy atom. The van der Waals surface area contributed by atoms with E-state index in [2.05, 4.69) is 45.7 Å². The van der Waals surface area contributed by atoms with Crippen molar-refractivity contribution in [1.82, 2.24) is 48.9 Å². The molecule has 7 heterocycles. The number of fused-ring (bicyclic) bond motifs is 1. The highest BCUT2D eigenvalue weighted by Crippen LogP contribution is 2.36. The fourth-order valence-electron chi connectivity index (χ4n) is 10.3. The fourth-order valence-corrected chi connectivity index (χ4v) is 10.3. The van der Waals surface area contributed by atoms with E-state index in [4.69, 9.17) is 4.42 Å². The van der Waals surface area contributed by atoms with Crippen molar-refractivity contribution in [3.8, 4) is 11.5 Å². The van der Waals surface area contributed by atoms with Crippen molar-refractivity contribution in [2.45, 2.75) is 88.9 Å². The number of nitrogens with one attached hydrogen (secondary N) is 3. The van der Waals surface area contributed by atoms with Crippen LogP contribution in [0.3, 0.4) is 0 Å². The zero-order valence-electron chi connectivity index (χ0n) is 36.6. The molecule has 17 nitrogen and oxygen atoms in total. The summed E-state index contributed by atoms with van der Waals surface area (Å²) in [5.74, 6) is 0.739. The minimum absolute atomic E-state index is 0.0207. The van der Waals surface area contributed by atoms with E-state index in [-0.39, 0.29) is 41.3 Å². The normalized spacial score (nSPS) is 23.7. The van der Waals surface area contributed by atoms with Crippen LogP contribution in [-0.4, -0.2) is 120 Å². The number of imidazole rings is 1. The molecule has 10 rings (SSSR count). The second-order valence-corrected chi connectivity index (χ2v) is 18.6. The SMILES string of the molecule is Cn1c(=O)n(C2CCC(=O)NC2=O)c2ccc(CN3CCN([C@@H]4CCN(C[C@H]5CC[C@H](n6cc(NC(=O)c7coc(-c8ccnc(NCC9CC9)c8)n7)c(C(F)F)n6)CC5)C4)CC3)cc21. The topological polar surface area (TPSA) is 181 Å². The van der Waals surface area contributed by atoms with Gasteiger partial charge in [-0.1, -0.05) is 6.07 Å². The number of carbonyl (C=O) groups excluding carboxylic acids is 3. The van der Waals surface area contributed by atoms with Gasteiger partial charge in [0.05, 0.1) is 22.8 Å². The number of aromatic nitrogens is 6. The molecule has 2 saturated carbocycles. The maximum absolute atomic E-state index is 14.2. The van der Waals surface area contributed by atoms with E-state index < -0.39 is 30.0 Å². The highest BCUT2D eigenvalue weighted by atomic mass is 19.3. The van der Waals surface area contributed by atoms with Crippen LogP contribution in [0.4, 0.5) is 20.3 Å². The Morgan fingerprint density at radius 1 is 0.908 bits per heavy atom. The van der Waals surface area contributed by atoms with Crippen molar-refractivity contribution in [1.29, 1.82) is 0 Å². The zero-order chi connectivity index (χ0) is 44.8. The number of alkyl halides is 2. The molecule has 0 spiro atoms. The second kappa shape index (κ2) is 18.2. The van der Waals surface area contributed by atoms with E-state index in [0.717, 1.165) is 102 Å². The molecule has 5 fully saturated rings. The molecule has 0 bridgehead atoms. The van der Waals surface area contributed by atoms with E-state index in [1.54, 1.807) is 28.6 Å². The molecule has 4 aromatic heterocycles. The molecule has 5 aromatic rings. The number of oxazole rings is 1. The Bertz CT molecular complexity index is 2620. The first kappa shape index (κ1) is 43.1. The number of imide groups is 1. The van der Waals surface area contributed by atoms with Crippen LogP contribution in [0.1, 0.15) is 98.0 Å². The summed E-state index contributed by atoms with van der Waals surface area (Å²) >= 11 is 0. The Labute approximate surface area is 374 Å². The van der Waals surface area contributed by atoms with E-state index in [0.29, 0.717) is 41.2 Å². The summed E-state index contributed by atoms with van der Waals surface area (Å²) in [6.07, 6.45) is 9.24. The van der Waals surface area contributed by atoms with Gasteiger partial charge < -0.3 is 20.0 Å². The van der Waals surface area contributed by atoms with Crippen molar-refractivity contribution in [3.63, 3.8) is 0 Å². The number of aryl methyl sites for hydroxylation is 1. The molecule has 19 heteroatoms. The van der Waals surface area contributed by atoms with Gasteiger partial charge in [0.15, 0.2) is 11.4 Å². The average molecular weight is 895 g/mol. The van der Waals surface area contributed by atoms with E-state index in [1.807, 2.05) is 24.3 Å². The average Bonchev–Trinajstić information content (AvgIpc) is 3.59. The minimum Gasteiger partial charge on any atom is -0.444 e. The van der Waals surface area contributed by atoms with Crippen LogP contribution in [0.15, 0.2) is 58.2 Å². The van der Waals surface area contributed by atoms with Gasteiger partial charge in [0.1, 0.15) is 18.1 Å². The van der Waals surface area contributed by atoms with Crippen molar-refractivity contribution < 1.29 is 27.6 Å². The van der Waals surface area contributed by atoms with Crippen molar-refractivity contribution in [3.05, 3.63) is 76.4 Å². The second-order valence-electron chi connectivity index (χ2n) is 18.6. The third-order valence-corrected chi connectivity index (χ3v) is 14.2. The predicted octanol–water partition coefficient (Wildman–Crippen LogP) is 5.20. The van der Waals surface area contributed by atoms with Gasteiger partial charge in [-0.25, -0.2) is 23.5 Å². The summed E-state index contributed by atoms with van der Waals surface area (Å²) in [6, 6.07) is 9.34. The molecule has 2 aliphatic carbocycles. The number of hydrogen-bond donors (Lipinski definition) is 3. The lowest BCUT2D eigenvalue weighted by Gasteiger charge is -2.38. The quantitative estimate of drug-likeness (QED) is 0.124. The van der Waals surface area contributed by atoms with Gasteiger partial charge in [-0.2, -0.15) is 5.10 Å². The Hall–Kier alpha value is -5.79. The molecule has 2 atom stereocenters. The summed E-state index contributed by atoms with van der Waals surface area (Å²) < 4.78 is 38.8. The number of amides is 3. The third-order valence-electron chi connectivity index (χ3n) is 14.2. The lowest BCUT2D eigenvalue weighted by molar-refractivity contribution is -0.135. The van der Waals surface area contributed by atoms with E-state index in [9.17, 15) is 28.0 Å². The molecule has 0 radical (unpaired) electrons. The van der Waals surface area contributed by atoms with E-state index in [1.165, 1.54) is 29.9 Å². The molecule has 3 amide bonds. The number of anilines is 2. The number of pyridine rings is 1. The number of hydrogen-bond acceptors (Lipinski definition) is 12. The molecule has 1 aromatic carbocycles. The molecular formula is C46H56F2N12O5. The molecule has 3 saturated heterocycles. The standard InChI is InChI=1S/C46H56F2N12O5/c1-55-38-20-30(6-9-36(38)60(46(55)64)37-10-11-40(61)53-44(37)63)24-56-16-18-58(19-17-56)33-13-15-57(25-33)23-29-4-7-32(8-5-29)59-26-34(41(54-59)42(47)48)51-43(62)35-27-65-45(52-35)31-12-14-49-39(21-31)50-22-28-2-3-28/h6,9,12,14,20-21,26-29,32-33,37,42H,2-5,7-8,10-11,13,15-19,22-25H2,1H3,(H,49,50)(H,51,62)(H,53,61,63)/t29-,32-,33-,37?/m1/s1. The van der Waals surface area contributed by atoms with Gasteiger partial charge >= 0.3 is 5.69 Å². The highest BCUT2D eigenvalue weighted by Gasteiger charge is 2.34. The van der Waals surface area contributed by atoms with Crippen molar-refractivity contribution >= 4 is 40.3 Å². The van der Waals surface area contributed by atoms with Gasteiger partial charge in [0.25, 0.3) is 12.3 Å². The van der Waals surface area contributed by atoms with Crippen LogP contribution in [0.25, 0.3) is 22.5 Å². The van der Waals surface area contributed by atoms with Crippen molar-refractivity contribution in [2.24, 2.45) is 18.9 Å². The first-order valence-corrected chi connectivity index (χ1v) is 23.1. The molecular weight excluding hydrogens is 839 g/mol. The smallest absolute Gasteiger partial charge is 0.329 e. The first-order valence-electron chi connectivity index (χ1n) is 23.1. The number of benzene rings is 1. The molecule has 344 valence electrons. The summed E-state index contributed by atoms with van der Waals surface area (Å²) in [6.45, 7) is 8.65. The van der Waals surface area contributed by atoms with Gasteiger partial charge in [0, 0.05) is 89.8 Å². The number of carbonyl (C=O) groups is 3. The molecule has 3 aliphatic heterocycles. The van der Waals surface area contributed by atoms with Crippen molar-refractivity contribution in [2.75, 3.05) is 63.0 Å². The summed E-state index contributed by atoms with van der Waals surface area (Å²) in [5.41, 5.74) is 2.48. The lowest BCUT2D eigenvalue weighted by atomic mass is 9.86. The Kier molecular flexibility index (Phi) is 12.1. The maximum Gasteiger partial charge on any atom is 0.329 e. The Balaban J connectivity index is 0.678.